The number of rotatable bonds is 3. The van der Waals surface area contributed by atoms with Gasteiger partial charge in [0.25, 0.3) is 5.91 Å². The van der Waals surface area contributed by atoms with E-state index in [-0.39, 0.29) is 11.3 Å². The summed E-state index contributed by atoms with van der Waals surface area (Å²) in [5.41, 5.74) is 0.603. The molecule has 0 bridgehead atoms. The van der Waals surface area contributed by atoms with Crippen molar-refractivity contribution >= 4 is 33.5 Å². The maximum Gasteiger partial charge on any atom is 0.337 e. The Bertz CT molecular complexity index is 651. The van der Waals surface area contributed by atoms with E-state index in [0.717, 1.165) is 0 Å². The summed E-state index contributed by atoms with van der Waals surface area (Å²) in [7, 11) is 1.68. The molecular weight excluding hydrogens is 314 g/mol. The molecule has 2 aromatic rings. The van der Waals surface area contributed by atoms with Gasteiger partial charge >= 0.3 is 5.97 Å². The molecule has 0 atom stereocenters. The maximum absolute atomic E-state index is 12.0. The molecule has 2 N–H and O–H groups in total. The van der Waals surface area contributed by atoms with Crippen molar-refractivity contribution in [2.75, 3.05) is 5.32 Å². The lowest BCUT2D eigenvalue weighted by molar-refractivity contribution is 0.0698. The van der Waals surface area contributed by atoms with E-state index in [2.05, 4.69) is 26.2 Å². The van der Waals surface area contributed by atoms with Crippen LogP contribution in [0.5, 0.6) is 0 Å². The molecule has 0 saturated heterocycles. The molecule has 0 radical (unpaired) electrons. The lowest BCUT2D eigenvalue weighted by Crippen LogP contribution is -2.17. The first kappa shape index (κ1) is 13.3. The van der Waals surface area contributed by atoms with E-state index in [0.29, 0.717) is 10.2 Å². The highest BCUT2D eigenvalue weighted by molar-refractivity contribution is 9.10. The van der Waals surface area contributed by atoms with E-state index >= 15 is 0 Å². The molecule has 0 aliphatic heterocycles. The van der Waals surface area contributed by atoms with Crippen molar-refractivity contribution in [3.63, 3.8) is 0 Å². The third kappa shape index (κ3) is 2.82. The summed E-state index contributed by atoms with van der Waals surface area (Å²) in [6.07, 6.45) is 2.91. The van der Waals surface area contributed by atoms with E-state index in [9.17, 15) is 9.59 Å². The summed E-state index contributed by atoms with van der Waals surface area (Å²) in [5, 5.41) is 11.7. The van der Waals surface area contributed by atoms with Gasteiger partial charge in [0.05, 0.1) is 23.8 Å². The number of aryl methyl sites for hydroxylation is 1. The summed E-state index contributed by atoms with van der Waals surface area (Å²) < 4.78 is 2.18. The normalized spacial score (nSPS) is 10.2. The van der Waals surface area contributed by atoms with Gasteiger partial charge in [-0.1, -0.05) is 15.9 Å². The predicted molar refractivity (Wildman–Crippen MR) is 72.3 cm³/mol. The van der Waals surface area contributed by atoms with E-state index in [4.69, 9.17) is 5.11 Å². The SMILES string of the molecule is Cn1cncc1C(=O)Nc1ccc(Br)cc1C(=O)O. The number of carboxylic acids is 1. The maximum atomic E-state index is 12.0. The molecule has 1 heterocycles. The molecule has 7 heteroatoms. The summed E-state index contributed by atoms with van der Waals surface area (Å²) in [6.45, 7) is 0. The van der Waals surface area contributed by atoms with Gasteiger partial charge < -0.3 is 15.0 Å². The molecule has 19 heavy (non-hydrogen) atoms. The smallest absolute Gasteiger partial charge is 0.337 e. The predicted octanol–water partition coefficient (Wildman–Crippen LogP) is 2.13. The summed E-state index contributed by atoms with van der Waals surface area (Å²) in [5.74, 6) is -1.52. The highest BCUT2D eigenvalue weighted by Crippen LogP contribution is 2.21. The van der Waals surface area contributed by atoms with Crippen molar-refractivity contribution in [2.45, 2.75) is 0 Å². The minimum Gasteiger partial charge on any atom is -0.478 e. The number of carbonyl (C=O) groups is 2. The molecule has 0 aliphatic carbocycles. The van der Waals surface area contributed by atoms with E-state index in [1.54, 1.807) is 17.7 Å². The highest BCUT2D eigenvalue weighted by Gasteiger charge is 2.15. The second kappa shape index (κ2) is 5.23. The van der Waals surface area contributed by atoms with Gasteiger partial charge in [-0.3, -0.25) is 4.79 Å². The Morgan fingerprint density at radius 1 is 1.42 bits per heavy atom. The van der Waals surface area contributed by atoms with Crippen molar-refractivity contribution in [2.24, 2.45) is 7.05 Å². The quantitative estimate of drug-likeness (QED) is 0.906. The number of hydrogen-bond donors (Lipinski definition) is 2. The fourth-order valence-electron chi connectivity index (χ4n) is 1.56. The second-order valence-corrected chi connectivity index (χ2v) is 4.75. The van der Waals surface area contributed by atoms with Crippen LogP contribution in [0.2, 0.25) is 0 Å². The molecule has 0 unspecified atom stereocenters. The Balaban J connectivity index is 2.32. The number of carbonyl (C=O) groups excluding carboxylic acids is 1. The van der Waals surface area contributed by atoms with Crippen molar-refractivity contribution in [3.05, 3.63) is 46.5 Å². The molecule has 1 amide bonds. The number of carboxylic acid groups (broad SMARTS) is 1. The van der Waals surface area contributed by atoms with Gasteiger partial charge in [-0.15, -0.1) is 0 Å². The average molecular weight is 324 g/mol. The molecule has 98 valence electrons. The molecule has 6 nitrogen and oxygen atoms in total. The highest BCUT2D eigenvalue weighted by atomic mass is 79.9. The molecule has 0 fully saturated rings. The third-order valence-electron chi connectivity index (χ3n) is 2.51. The van der Waals surface area contributed by atoms with Crippen molar-refractivity contribution in [3.8, 4) is 0 Å². The first-order chi connectivity index (χ1) is 8.99. The zero-order chi connectivity index (χ0) is 14.0. The number of hydrogen-bond acceptors (Lipinski definition) is 3. The van der Waals surface area contributed by atoms with E-state index in [1.165, 1.54) is 24.7 Å². The van der Waals surface area contributed by atoms with Gasteiger partial charge in [0.2, 0.25) is 0 Å². The van der Waals surface area contributed by atoms with Crippen LogP contribution >= 0.6 is 15.9 Å². The molecule has 1 aromatic carbocycles. The Labute approximate surface area is 117 Å². The van der Waals surface area contributed by atoms with Gasteiger partial charge in [-0.2, -0.15) is 0 Å². The average Bonchev–Trinajstić information content (AvgIpc) is 2.77. The van der Waals surface area contributed by atoms with Crippen LogP contribution in [0.4, 0.5) is 5.69 Å². The Hall–Kier alpha value is -2.15. The Kier molecular flexibility index (Phi) is 3.66. The monoisotopic (exact) mass is 323 g/mol. The summed E-state index contributed by atoms with van der Waals surface area (Å²) in [6, 6.07) is 4.62. The van der Waals surface area contributed by atoms with Crippen molar-refractivity contribution in [1.29, 1.82) is 0 Å². The van der Waals surface area contributed by atoms with Gasteiger partial charge in [0, 0.05) is 11.5 Å². The Morgan fingerprint density at radius 2 is 2.16 bits per heavy atom. The van der Waals surface area contributed by atoms with Crippen LogP contribution in [-0.4, -0.2) is 26.5 Å². The van der Waals surface area contributed by atoms with E-state index < -0.39 is 11.9 Å². The minimum atomic E-state index is -1.11. The number of nitrogens with zero attached hydrogens (tertiary/aromatic N) is 2. The summed E-state index contributed by atoms with van der Waals surface area (Å²) >= 11 is 3.19. The molecule has 1 aromatic heterocycles. The lowest BCUT2D eigenvalue weighted by atomic mass is 10.2. The van der Waals surface area contributed by atoms with Crippen molar-refractivity contribution < 1.29 is 14.7 Å². The van der Waals surface area contributed by atoms with Crippen LogP contribution < -0.4 is 5.32 Å². The number of anilines is 1. The number of benzene rings is 1. The first-order valence-corrected chi connectivity index (χ1v) is 6.09. The first-order valence-electron chi connectivity index (χ1n) is 5.29. The van der Waals surface area contributed by atoms with Gasteiger partial charge in [0.15, 0.2) is 0 Å². The molecule has 0 spiro atoms. The largest absolute Gasteiger partial charge is 0.478 e. The van der Waals surface area contributed by atoms with E-state index in [1.807, 2.05) is 0 Å². The van der Waals surface area contributed by atoms with Crippen LogP contribution in [0.3, 0.4) is 0 Å². The topological polar surface area (TPSA) is 84.2 Å². The number of nitrogens with one attached hydrogen (secondary N) is 1. The second-order valence-electron chi connectivity index (χ2n) is 3.84. The van der Waals surface area contributed by atoms with Gasteiger partial charge in [0.1, 0.15) is 5.69 Å². The standard InChI is InChI=1S/C12H10BrN3O3/c1-16-6-14-5-10(16)11(17)15-9-3-2-7(13)4-8(9)12(18)19/h2-6H,1H3,(H,15,17)(H,18,19). The van der Waals surface area contributed by atoms with Crippen LogP contribution in [0, 0.1) is 0 Å². The fraction of sp³-hybridized carbons (Fsp3) is 0.0833. The molecule has 0 aliphatic rings. The number of aromatic carboxylic acids is 1. The zero-order valence-corrected chi connectivity index (χ0v) is 11.5. The van der Waals surface area contributed by atoms with Gasteiger partial charge in [-0.05, 0) is 18.2 Å². The van der Waals surface area contributed by atoms with Crippen LogP contribution in [0.15, 0.2) is 35.2 Å². The fourth-order valence-corrected chi connectivity index (χ4v) is 1.93. The number of aromatic nitrogens is 2. The number of halogens is 1. The third-order valence-corrected chi connectivity index (χ3v) is 3.00. The zero-order valence-electron chi connectivity index (χ0n) is 9.92. The number of imidazole rings is 1. The molecular formula is C12H10BrN3O3. The van der Waals surface area contributed by atoms with Crippen molar-refractivity contribution in [1.82, 2.24) is 9.55 Å². The van der Waals surface area contributed by atoms with Crippen LogP contribution in [-0.2, 0) is 7.05 Å². The molecule has 2 rings (SSSR count). The molecule has 0 saturated carbocycles. The summed E-state index contributed by atoms with van der Waals surface area (Å²) in [4.78, 5) is 26.9. The van der Waals surface area contributed by atoms with Crippen LogP contribution in [0.1, 0.15) is 20.8 Å². The Morgan fingerprint density at radius 3 is 2.74 bits per heavy atom. The van der Waals surface area contributed by atoms with Gasteiger partial charge in [-0.25, -0.2) is 9.78 Å². The minimum absolute atomic E-state index is 0.0184. The lowest BCUT2D eigenvalue weighted by Gasteiger charge is -2.09. The van der Waals surface area contributed by atoms with Crippen LogP contribution in [0.25, 0.3) is 0 Å². The number of amides is 1.